The number of benzene rings is 3. The van der Waals surface area contributed by atoms with Crippen LogP contribution in [-0.2, 0) is 0 Å². The number of fused-ring (bicyclic) bond motifs is 4. The van der Waals surface area contributed by atoms with Crippen LogP contribution in [0.2, 0.25) is 0 Å². The standard InChI is InChI=1S/C24H20O9/c1-29-14-7-6-11(8-12(14)26)22-18(10-25)33-23-17(32-22)9-13(27)19-21(28)20-15(30-2)4-3-5-16(20)31-24(19)23/h3-9,18,22,25-27H,10H2,1-2H3. The number of hydrogen-bond acceptors (Lipinski definition) is 9. The van der Waals surface area contributed by atoms with Crippen molar-refractivity contribution in [2.24, 2.45) is 0 Å². The average molecular weight is 452 g/mol. The zero-order valence-corrected chi connectivity index (χ0v) is 17.7. The molecule has 2 unspecified atom stereocenters. The van der Waals surface area contributed by atoms with Gasteiger partial charge in [-0.25, -0.2) is 0 Å². The zero-order chi connectivity index (χ0) is 23.3. The van der Waals surface area contributed by atoms with E-state index in [1.165, 1.54) is 26.4 Å². The summed E-state index contributed by atoms with van der Waals surface area (Å²) in [5, 5.41) is 30.9. The number of rotatable bonds is 4. The first-order valence-corrected chi connectivity index (χ1v) is 10.1. The average Bonchev–Trinajstić information content (AvgIpc) is 2.82. The first-order valence-electron chi connectivity index (χ1n) is 10.1. The van der Waals surface area contributed by atoms with Gasteiger partial charge in [0.15, 0.2) is 35.0 Å². The lowest BCUT2D eigenvalue weighted by Gasteiger charge is -2.33. The summed E-state index contributed by atoms with van der Waals surface area (Å²) < 4.78 is 28.4. The van der Waals surface area contributed by atoms with E-state index >= 15 is 0 Å². The van der Waals surface area contributed by atoms with Crippen LogP contribution in [0.25, 0.3) is 21.9 Å². The third-order valence-electron chi connectivity index (χ3n) is 5.63. The molecule has 0 saturated heterocycles. The smallest absolute Gasteiger partial charge is 0.208 e. The van der Waals surface area contributed by atoms with Gasteiger partial charge in [0.25, 0.3) is 0 Å². The largest absolute Gasteiger partial charge is 0.507 e. The van der Waals surface area contributed by atoms with Gasteiger partial charge in [-0.15, -0.1) is 0 Å². The van der Waals surface area contributed by atoms with Crippen molar-refractivity contribution in [3.8, 4) is 34.5 Å². The molecular formula is C24H20O9. The molecule has 0 saturated carbocycles. The molecule has 9 heteroatoms. The third-order valence-corrected chi connectivity index (χ3v) is 5.63. The lowest BCUT2D eigenvalue weighted by atomic mass is 10.0. The van der Waals surface area contributed by atoms with Crippen molar-refractivity contribution >= 4 is 21.9 Å². The summed E-state index contributed by atoms with van der Waals surface area (Å²) in [5.41, 5.74) is 0.258. The molecule has 0 radical (unpaired) electrons. The summed E-state index contributed by atoms with van der Waals surface area (Å²) in [6, 6.07) is 10.8. The lowest BCUT2D eigenvalue weighted by Crippen LogP contribution is -2.36. The van der Waals surface area contributed by atoms with Gasteiger partial charge >= 0.3 is 0 Å². The molecule has 5 rings (SSSR count). The Kier molecular flexibility index (Phi) is 4.90. The molecule has 0 bridgehead atoms. The summed E-state index contributed by atoms with van der Waals surface area (Å²) in [6.07, 6.45) is -1.70. The van der Waals surface area contributed by atoms with Crippen LogP contribution >= 0.6 is 0 Å². The fourth-order valence-corrected chi connectivity index (χ4v) is 4.07. The number of methoxy groups -OCH3 is 2. The molecule has 1 aromatic heterocycles. The number of phenols is 2. The van der Waals surface area contributed by atoms with Gasteiger partial charge in [0.05, 0.1) is 20.8 Å². The van der Waals surface area contributed by atoms with E-state index < -0.39 is 24.2 Å². The molecule has 0 fully saturated rings. The Morgan fingerprint density at radius 2 is 1.73 bits per heavy atom. The van der Waals surface area contributed by atoms with Crippen molar-refractivity contribution in [3.05, 3.63) is 58.3 Å². The first-order chi connectivity index (χ1) is 16.0. The highest BCUT2D eigenvalue weighted by molar-refractivity contribution is 5.99. The Labute approximate surface area is 186 Å². The molecule has 3 N–H and O–H groups in total. The maximum Gasteiger partial charge on any atom is 0.208 e. The number of ether oxygens (including phenoxy) is 4. The molecule has 1 aliphatic heterocycles. The Bertz CT molecular complexity index is 1440. The van der Waals surface area contributed by atoms with Crippen molar-refractivity contribution in [2.75, 3.05) is 20.8 Å². The Hall–Kier alpha value is -4.11. The monoisotopic (exact) mass is 452 g/mol. The van der Waals surface area contributed by atoms with Crippen LogP contribution in [0.15, 0.2) is 51.7 Å². The van der Waals surface area contributed by atoms with Gasteiger partial charge in [0, 0.05) is 11.6 Å². The number of aliphatic hydroxyl groups is 1. The predicted molar refractivity (Wildman–Crippen MR) is 118 cm³/mol. The topological polar surface area (TPSA) is 128 Å². The van der Waals surface area contributed by atoms with Crippen LogP contribution in [-0.4, -0.2) is 42.3 Å². The summed E-state index contributed by atoms with van der Waals surface area (Å²) in [6.45, 7) is -0.426. The molecule has 4 aromatic rings. The quantitative estimate of drug-likeness (QED) is 0.400. The Morgan fingerprint density at radius 1 is 0.939 bits per heavy atom. The van der Waals surface area contributed by atoms with Crippen LogP contribution in [0.4, 0.5) is 0 Å². The SMILES string of the molecule is COc1ccc(C2Oc3cc(O)c4c(=O)c5c(OC)cccc5oc4c3OC2CO)cc1O. The van der Waals surface area contributed by atoms with Crippen molar-refractivity contribution in [2.45, 2.75) is 12.2 Å². The second-order valence-electron chi connectivity index (χ2n) is 7.50. The van der Waals surface area contributed by atoms with Gasteiger partial charge in [-0.05, 0) is 24.3 Å². The minimum atomic E-state index is -0.885. The van der Waals surface area contributed by atoms with Gasteiger partial charge in [0.1, 0.15) is 27.9 Å². The van der Waals surface area contributed by atoms with Crippen LogP contribution in [0, 0.1) is 0 Å². The fourth-order valence-electron chi connectivity index (χ4n) is 4.07. The minimum absolute atomic E-state index is 0.00905. The van der Waals surface area contributed by atoms with Gasteiger partial charge < -0.3 is 38.7 Å². The van der Waals surface area contributed by atoms with Crippen molar-refractivity contribution in [3.63, 3.8) is 0 Å². The predicted octanol–water partition coefficient (Wildman–Crippen LogP) is 3.25. The number of phenolic OH excluding ortho intramolecular Hbond substituents is 2. The zero-order valence-electron chi connectivity index (χ0n) is 17.7. The highest BCUT2D eigenvalue weighted by Crippen LogP contribution is 2.48. The van der Waals surface area contributed by atoms with Gasteiger partial charge in [-0.3, -0.25) is 4.79 Å². The van der Waals surface area contributed by atoms with Crippen LogP contribution < -0.4 is 24.4 Å². The molecule has 2 heterocycles. The first kappa shape index (κ1) is 20.8. The Morgan fingerprint density at radius 3 is 2.42 bits per heavy atom. The summed E-state index contributed by atoms with van der Waals surface area (Å²) in [7, 11) is 2.87. The number of aliphatic hydroxyl groups excluding tert-OH is 1. The van der Waals surface area contributed by atoms with Gasteiger partial charge in [-0.2, -0.15) is 0 Å². The number of aromatic hydroxyl groups is 2. The van der Waals surface area contributed by atoms with E-state index in [0.29, 0.717) is 11.3 Å². The highest BCUT2D eigenvalue weighted by atomic mass is 16.6. The van der Waals surface area contributed by atoms with Crippen LogP contribution in [0.3, 0.4) is 0 Å². The maximum absolute atomic E-state index is 13.2. The fraction of sp³-hybridized carbons (Fsp3) is 0.208. The van der Waals surface area contributed by atoms with E-state index in [0.717, 1.165) is 0 Å². The molecule has 3 aromatic carbocycles. The second-order valence-corrected chi connectivity index (χ2v) is 7.50. The normalized spacial score (nSPS) is 17.3. The van der Waals surface area contributed by atoms with Gasteiger partial charge in [-0.1, -0.05) is 12.1 Å². The highest BCUT2D eigenvalue weighted by Gasteiger charge is 2.36. The summed E-state index contributed by atoms with van der Waals surface area (Å²) in [4.78, 5) is 13.2. The van der Waals surface area contributed by atoms with E-state index in [1.807, 2.05) is 0 Å². The van der Waals surface area contributed by atoms with E-state index in [1.54, 1.807) is 30.3 Å². The van der Waals surface area contributed by atoms with E-state index in [4.69, 9.17) is 23.4 Å². The molecule has 170 valence electrons. The number of hydrogen-bond donors (Lipinski definition) is 3. The molecular weight excluding hydrogens is 432 g/mol. The molecule has 1 aliphatic rings. The van der Waals surface area contributed by atoms with Crippen LogP contribution in [0.1, 0.15) is 11.7 Å². The lowest BCUT2D eigenvalue weighted by molar-refractivity contribution is -0.0119. The van der Waals surface area contributed by atoms with Crippen molar-refractivity contribution < 1.29 is 38.7 Å². The van der Waals surface area contributed by atoms with Crippen molar-refractivity contribution in [1.82, 2.24) is 0 Å². The maximum atomic E-state index is 13.2. The summed E-state index contributed by atoms with van der Waals surface area (Å²) in [5.74, 6) is 0.337. The van der Waals surface area contributed by atoms with Crippen LogP contribution in [0.5, 0.6) is 34.5 Å². The molecule has 9 nitrogen and oxygen atoms in total. The molecule has 33 heavy (non-hydrogen) atoms. The molecule has 0 amide bonds. The minimum Gasteiger partial charge on any atom is -0.507 e. The molecule has 0 spiro atoms. The summed E-state index contributed by atoms with van der Waals surface area (Å²) >= 11 is 0. The van der Waals surface area contributed by atoms with E-state index in [9.17, 15) is 20.1 Å². The van der Waals surface area contributed by atoms with Crippen molar-refractivity contribution in [1.29, 1.82) is 0 Å². The van der Waals surface area contributed by atoms with E-state index in [-0.39, 0.29) is 50.7 Å². The Balaban J connectivity index is 1.70. The van der Waals surface area contributed by atoms with Gasteiger partial charge in [0.2, 0.25) is 11.2 Å². The molecule has 2 atom stereocenters. The third kappa shape index (κ3) is 3.16. The second kappa shape index (κ2) is 7.79. The van der Waals surface area contributed by atoms with E-state index in [2.05, 4.69) is 0 Å². The molecule has 0 aliphatic carbocycles.